The molecule has 14 nitrogen and oxygen atoms in total. The van der Waals surface area contributed by atoms with Gasteiger partial charge in [-0.3, -0.25) is 4.98 Å². The highest BCUT2D eigenvalue weighted by Gasteiger charge is 2.38. The van der Waals surface area contributed by atoms with E-state index in [-0.39, 0.29) is 55.5 Å². The molecule has 17 heteroatoms. The standard InChI is InChI=1S/C32H35F3N10O4/c1-48-30-40-16-21(17-41-30)20-14-38-29(39-15-20)45(31(47)49-19-23-4-2-3-11-36-23)24-7-5-22(6-8-24)42-28-37-18-26(32(33,34)35)27(43-28)44-12-9-25(46)10-13-44/h2-4,11,14-18,22,24-25,46H,5-10,12-13,19H2,1H3,(H,37,42,43)/t22-,24-. The summed E-state index contributed by atoms with van der Waals surface area (Å²) in [7, 11) is 1.47. The number of anilines is 3. The molecule has 0 bridgehead atoms. The number of nitrogens with zero attached hydrogens (tertiary/aromatic N) is 9. The van der Waals surface area contributed by atoms with Crippen molar-refractivity contribution in [3.05, 3.63) is 66.6 Å². The molecule has 0 unspecified atom stereocenters. The normalized spacial score (nSPS) is 18.5. The van der Waals surface area contributed by atoms with Crippen LogP contribution < -0.4 is 19.9 Å². The lowest BCUT2D eigenvalue weighted by Crippen LogP contribution is -2.45. The van der Waals surface area contributed by atoms with Crippen molar-refractivity contribution >= 4 is 23.8 Å². The Kier molecular flexibility index (Phi) is 10.3. The highest BCUT2D eigenvalue weighted by Crippen LogP contribution is 2.37. The van der Waals surface area contributed by atoms with Gasteiger partial charge in [-0.25, -0.2) is 34.6 Å². The van der Waals surface area contributed by atoms with Crippen LogP contribution in [0.5, 0.6) is 6.01 Å². The van der Waals surface area contributed by atoms with Gasteiger partial charge in [-0.1, -0.05) is 6.07 Å². The van der Waals surface area contributed by atoms with Gasteiger partial charge in [-0.15, -0.1) is 0 Å². The lowest BCUT2D eigenvalue weighted by molar-refractivity contribution is -0.137. The molecular weight excluding hydrogens is 645 g/mol. The Morgan fingerprint density at radius 1 is 0.939 bits per heavy atom. The van der Waals surface area contributed by atoms with Crippen LogP contribution in [0, 0.1) is 0 Å². The van der Waals surface area contributed by atoms with E-state index in [1.807, 2.05) is 0 Å². The molecule has 258 valence electrons. The molecule has 6 rings (SSSR count). The first-order valence-electron chi connectivity index (χ1n) is 15.9. The Bertz CT molecular complexity index is 1680. The predicted octanol–water partition coefficient (Wildman–Crippen LogP) is 4.67. The van der Waals surface area contributed by atoms with E-state index in [0.29, 0.717) is 55.3 Å². The topological polar surface area (TPSA) is 164 Å². The Labute approximate surface area is 279 Å². The number of carbonyl (C=O) groups excluding carboxylic acids is 1. The number of alkyl halides is 3. The SMILES string of the molecule is COc1ncc(-c2cnc(N(C(=O)OCc3ccccn3)[C@H]3CC[C@H](Nc4ncc(C(F)(F)F)c(N5CCC(O)CC5)n4)CC3)nc2)cn1. The molecule has 4 aromatic heterocycles. The van der Waals surface area contributed by atoms with Crippen LogP contribution in [0.2, 0.25) is 0 Å². The van der Waals surface area contributed by atoms with Crippen molar-refractivity contribution in [1.82, 2.24) is 34.9 Å². The number of carbonyl (C=O) groups is 1. The zero-order valence-corrected chi connectivity index (χ0v) is 26.6. The second-order valence-corrected chi connectivity index (χ2v) is 11.8. The number of hydrogen-bond donors (Lipinski definition) is 2. The van der Waals surface area contributed by atoms with Gasteiger partial charge in [0.05, 0.1) is 18.9 Å². The zero-order valence-electron chi connectivity index (χ0n) is 26.6. The molecule has 2 fully saturated rings. The fourth-order valence-electron chi connectivity index (χ4n) is 5.87. The number of methoxy groups -OCH3 is 1. The maximum Gasteiger partial charge on any atom is 0.421 e. The summed E-state index contributed by atoms with van der Waals surface area (Å²) in [5.41, 5.74) is 0.965. The smallest absolute Gasteiger partial charge is 0.421 e. The summed E-state index contributed by atoms with van der Waals surface area (Å²) < 4.78 is 52.2. The van der Waals surface area contributed by atoms with Crippen molar-refractivity contribution in [2.75, 3.05) is 35.3 Å². The van der Waals surface area contributed by atoms with Crippen molar-refractivity contribution < 1.29 is 32.5 Å². The number of rotatable bonds is 9. The number of piperidine rings is 1. The van der Waals surface area contributed by atoms with Gasteiger partial charge < -0.3 is 24.8 Å². The second-order valence-electron chi connectivity index (χ2n) is 11.8. The highest BCUT2D eigenvalue weighted by molar-refractivity contribution is 5.86. The number of amides is 1. The van der Waals surface area contributed by atoms with Crippen molar-refractivity contribution in [3.8, 4) is 17.1 Å². The first-order chi connectivity index (χ1) is 23.7. The van der Waals surface area contributed by atoms with Crippen LogP contribution in [0.3, 0.4) is 0 Å². The molecule has 0 aromatic carbocycles. The van der Waals surface area contributed by atoms with Gasteiger partial charge in [0.2, 0.25) is 11.9 Å². The van der Waals surface area contributed by atoms with Crippen LogP contribution in [0.1, 0.15) is 49.8 Å². The van der Waals surface area contributed by atoms with E-state index >= 15 is 0 Å². The van der Waals surface area contributed by atoms with Crippen molar-refractivity contribution in [2.45, 2.75) is 69.5 Å². The first kappa shape index (κ1) is 33.7. The summed E-state index contributed by atoms with van der Waals surface area (Å²) in [6, 6.07) is 5.05. The fraction of sp³-hybridized carbons (Fsp3) is 0.438. The Hall–Kier alpha value is -5.19. The third-order valence-electron chi connectivity index (χ3n) is 8.50. The number of nitrogens with one attached hydrogen (secondary N) is 1. The van der Waals surface area contributed by atoms with E-state index < -0.39 is 23.9 Å². The molecule has 4 aromatic rings. The summed E-state index contributed by atoms with van der Waals surface area (Å²) in [4.78, 5) is 46.2. The van der Waals surface area contributed by atoms with Gasteiger partial charge in [-0.2, -0.15) is 18.2 Å². The molecule has 2 N–H and O–H groups in total. The predicted molar refractivity (Wildman–Crippen MR) is 171 cm³/mol. The van der Waals surface area contributed by atoms with Crippen LogP contribution in [0.15, 0.2) is 55.4 Å². The minimum Gasteiger partial charge on any atom is -0.467 e. The van der Waals surface area contributed by atoms with Gasteiger partial charge in [-0.05, 0) is 50.7 Å². The molecule has 1 saturated carbocycles. The Morgan fingerprint density at radius 3 is 2.22 bits per heavy atom. The number of hydrogen-bond acceptors (Lipinski definition) is 13. The summed E-state index contributed by atoms with van der Waals surface area (Å²) in [6.07, 6.45) is 5.80. The average Bonchev–Trinajstić information content (AvgIpc) is 3.12. The fourth-order valence-corrected chi connectivity index (χ4v) is 5.87. The minimum absolute atomic E-state index is 0.0437. The maximum atomic E-state index is 13.8. The minimum atomic E-state index is -4.63. The van der Waals surface area contributed by atoms with Crippen LogP contribution in [0.25, 0.3) is 11.1 Å². The summed E-state index contributed by atoms with van der Waals surface area (Å²) in [5.74, 6) is 0.0443. The number of pyridine rings is 1. The number of halogens is 3. The van der Waals surface area contributed by atoms with Gasteiger partial charge in [0.25, 0.3) is 0 Å². The third-order valence-corrected chi connectivity index (χ3v) is 8.50. The summed E-state index contributed by atoms with van der Waals surface area (Å²) >= 11 is 0. The third kappa shape index (κ3) is 8.28. The first-order valence-corrected chi connectivity index (χ1v) is 15.9. The lowest BCUT2D eigenvalue weighted by Gasteiger charge is -2.35. The van der Waals surface area contributed by atoms with Crippen LogP contribution in [-0.4, -0.2) is 84.5 Å². The van der Waals surface area contributed by atoms with Crippen LogP contribution in [0.4, 0.5) is 35.7 Å². The summed E-state index contributed by atoms with van der Waals surface area (Å²) in [6.45, 7) is 0.474. The molecule has 5 heterocycles. The van der Waals surface area contributed by atoms with Crippen molar-refractivity contribution in [3.63, 3.8) is 0 Å². The molecule has 2 aliphatic rings. The van der Waals surface area contributed by atoms with E-state index in [0.717, 1.165) is 6.20 Å². The van der Waals surface area contributed by atoms with Gasteiger partial charge in [0.1, 0.15) is 18.0 Å². The van der Waals surface area contributed by atoms with Crippen molar-refractivity contribution in [2.24, 2.45) is 0 Å². The zero-order chi connectivity index (χ0) is 34.4. The molecule has 0 atom stereocenters. The average molecular weight is 681 g/mol. The monoisotopic (exact) mass is 680 g/mol. The number of aliphatic hydroxyl groups is 1. The second kappa shape index (κ2) is 14.9. The van der Waals surface area contributed by atoms with Gasteiger partial charge >= 0.3 is 18.3 Å². The molecule has 1 amide bonds. The molecule has 1 aliphatic carbocycles. The maximum absolute atomic E-state index is 13.8. The van der Waals surface area contributed by atoms with E-state index in [9.17, 15) is 23.1 Å². The molecule has 0 spiro atoms. The van der Waals surface area contributed by atoms with E-state index in [4.69, 9.17) is 9.47 Å². The molecular formula is C32H35F3N10O4. The Balaban J connectivity index is 1.16. The number of ether oxygens (including phenoxy) is 2. The highest BCUT2D eigenvalue weighted by atomic mass is 19.4. The quantitative estimate of drug-likeness (QED) is 0.251. The van der Waals surface area contributed by atoms with Crippen molar-refractivity contribution in [1.29, 1.82) is 0 Å². The number of aromatic nitrogens is 7. The van der Waals surface area contributed by atoms with Gasteiger partial charge in [0.15, 0.2) is 0 Å². The Morgan fingerprint density at radius 2 is 1.61 bits per heavy atom. The van der Waals surface area contributed by atoms with Crippen LogP contribution in [-0.2, 0) is 17.5 Å². The molecule has 0 radical (unpaired) electrons. The molecule has 1 saturated heterocycles. The van der Waals surface area contributed by atoms with Gasteiger partial charge in [0, 0.05) is 73.5 Å². The van der Waals surface area contributed by atoms with Crippen LogP contribution >= 0.6 is 0 Å². The lowest BCUT2D eigenvalue weighted by atomic mass is 9.90. The molecule has 1 aliphatic heterocycles. The molecule has 49 heavy (non-hydrogen) atoms. The van der Waals surface area contributed by atoms with E-state index in [1.54, 1.807) is 54.1 Å². The number of aliphatic hydroxyl groups excluding tert-OH is 1. The van der Waals surface area contributed by atoms with E-state index in [2.05, 4.69) is 40.2 Å². The largest absolute Gasteiger partial charge is 0.467 e. The summed E-state index contributed by atoms with van der Waals surface area (Å²) in [5, 5.41) is 13.0. The van der Waals surface area contributed by atoms with E-state index in [1.165, 1.54) is 12.0 Å².